The zero-order valence-electron chi connectivity index (χ0n) is 12.1. The maximum absolute atomic E-state index is 10.1. The standard InChI is InChI=1S/C17H21NO3/c19-16(12-18-7-9-20-10-8-18)13-21-17-6-5-14-3-1-2-4-15(14)11-17/h1-6,11,16,19H,7-10,12-13H2/p+1/t16-/m0/s1. The van der Waals surface area contributed by atoms with E-state index in [1.54, 1.807) is 0 Å². The first-order chi connectivity index (χ1) is 10.3. The molecule has 1 aliphatic heterocycles. The van der Waals surface area contributed by atoms with Crippen LogP contribution in [0.15, 0.2) is 42.5 Å². The van der Waals surface area contributed by atoms with Gasteiger partial charge in [0.15, 0.2) is 0 Å². The molecule has 1 heterocycles. The molecular weight excluding hydrogens is 266 g/mol. The Kier molecular flexibility index (Phi) is 4.70. The van der Waals surface area contributed by atoms with Crippen LogP contribution in [0.4, 0.5) is 0 Å². The summed E-state index contributed by atoms with van der Waals surface area (Å²) in [5.74, 6) is 0.810. The van der Waals surface area contributed by atoms with E-state index in [9.17, 15) is 5.11 Å². The number of morpholine rings is 1. The van der Waals surface area contributed by atoms with Crippen LogP contribution in [-0.4, -0.2) is 50.7 Å². The number of hydrogen-bond donors (Lipinski definition) is 2. The molecule has 0 aliphatic carbocycles. The van der Waals surface area contributed by atoms with Gasteiger partial charge in [-0.25, -0.2) is 0 Å². The van der Waals surface area contributed by atoms with E-state index in [1.807, 2.05) is 30.3 Å². The fourth-order valence-electron chi connectivity index (χ4n) is 2.71. The second-order valence-electron chi connectivity index (χ2n) is 5.54. The van der Waals surface area contributed by atoms with Crippen molar-refractivity contribution in [2.45, 2.75) is 6.10 Å². The summed E-state index contributed by atoms with van der Waals surface area (Å²) in [6.07, 6.45) is -0.440. The number of ether oxygens (including phenoxy) is 2. The minimum Gasteiger partial charge on any atom is -0.491 e. The third-order valence-corrected chi connectivity index (χ3v) is 3.89. The summed E-state index contributed by atoms with van der Waals surface area (Å²) in [6, 6.07) is 14.2. The lowest BCUT2D eigenvalue weighted by Crippen LogP contribution is -3.15. The van der Waals surface area contributed by atoms with Crippen molar-refractivity contribution in [1.29, 1.82) is 0 Å². The summed E-state index contributed by atoms with van der Waals surface area (Å²) >= 11 is 0. The fraction of sp³-hybridized carbons (Fsp3) is 0.412. The van der Waals surface area contributed by atoms with Gasteiger partial charge < -0.3 is 19.5 Å². The molecule has 112 valence electrons. The minimum absolute atomic E-state index is 0.336. The van der Waals surface area contributed by atoms with Crippen molar-refractivity contribution < 1.29 is 19.5 Å². The average molecular weight is 288 g/mol. The summed E-state index contributed by atoms with van der Waals surface area (Å²) < 4.78 is 11.0. The van der Waals surface area contributed by atoms with Crippen LogP contribution in [0, 0.1) is 0 Å². The quantitative estimate of drug-likeness (QED) is 0.842. The minimum atomic E-state index is -0.440. The molecule has 1 saturated heterocycles. The van der Waals surface area contributed by atoms with Crippen LogP contribution in [-0.2, 0) is 4.74 Å². The third-order valence-electron chi connectivity index (χ3n) is 3.89. The molecule has 0 spiro atoms. The highest BCUT2D eigenvalue weighted by Gasteiger charge is 2.18. The van der Waals surface area contributed by atoms with E-state index in [4.69, 9.17) is 9.47 Å². The van der Waals surface area contributed by atoms with Gasteiger partial charge in [-0.3, -0.25) is 0 Å². The van der Waals surface area contributed by atoms with Crippen LogP contribution in [0.25, 0.3) is 10.8 Å². The number of nitrogens with one attached hydrogen (secondary N) is 1. The second kappa shape index (κ2) is 6.89. The van der Waals surface area contributed by atoms with Gasteiger partial charge in [0.2, 0.25) is 0 Å². The summed E-state index contributed by atoms with van der Waals surface area (Å²) in [7, 11) is 0. The number of aliphatic hydroxyl groups excluding tert-OH is 1. The van der Waals surface area contributed by atoms with E-state index in [0.717, 1.165) is 44.0 Å². The van der Waals surface area contributed by atoms with Crippen molar-refractivity contribution >= 4 is 10.8 Å². The summed E-state index contributed by atoms with van der Waals surface area (Å²) in [4.78, 5) is 1.39. The molecule has 0 unspecified atom stereocenters. The maximum Gasteiger partial charge on any atom is 0.137 e. The molecular formula is C17H22NO3+. The highest BCUT2D eigenvalue weighted by molar-refractivity contribution is 5.83. The van der Waals surface area contributed by atoms with E-state index >= 15 is 0 Å². The van der Waals surface area contributed by atoms with Crippen molar-refractivity contribution in [2.24, 2.45) is 0 Å². The van der Waals surface area contributed by atoms with Crippen LogP contribution in [0.3, 0.4) is 0 Å². The molecule has 1 aliphatic rings. The smallest absolute Gasteiger partial charge is 0.137 e. The number of fused-ring (bicyclic) bond motifs is 1. The molecule has 2 N–H and O–H groups in total. The van der Waals surface area contributed by atoms with E-state index in [-0.39, 0.29) is 0 Å². The van der Waals surface area contributed by atoms with E-state index in [0.29, 0.717) is 6.61 Å². The first-order valence-electron chi connectivity index (χ1n) is 7.52. The van der Waals surface area contributed by atoms with Gasteiger partial charge >= 0.3 is 0 Å². The molecule has 2 aromatic rings. The Balaban J connectivity index is 1.53. The third kappa shape index (κ3) is 3.94. The number of quaternary nitrogens is 1. The van der Waals surface area contributed by atoms with Crippen molar-refractivity contribution in [1.82, 2.24) is 0 Å². The molecule has 4 nitrogen and oxygen atoms in total. The van der Waals surface area contributed by atoms with Crippen LogP contribution >= 0.6 is 0 Å². The van der Waals surface area contributed by atoms with Crippen LogP contribution in [0.1, 0.15) is 0 Å². The Morgan fingerprint density at radius 3 is 2.67 bits per heavy atom. The van der Waals surface area contributed by atoms with E-state index in [1.165, 1.54) is 10.3 Å². The predicted octanol–water partition coefficient (Wildman–Crippen LogP) is 0.495. The lowest BCUT2D eigenvalue weighted by atomic mass is 10.1. The highest BCUT2D eigenvalue weighted by Crippen LogP contribution is 2.20. The van der Waals surface area contributed by atoms with Gasteiger partial charge in [0, 0.05) is 0 Å². The Bertz CT molecular complexity index is 581. The SMILES string of the molecule is O[C@H](COc1ccc2ccccc2c1)C[NH+]1CCOCC1. The monoisotopic (exact) mass is 288 g/mol. The molecule has 0 aromatic heterocycles. The van der Waals surface area contributed by atoms with E-state index < -0.39 is 6.10 Å². The number of aliphatic hydroxyl groups is 1. The Morgan fingerprint density at radius 2 is 1.86 bits per heavy atom. The van der Waals surface area contributed by atoms with Crippen LogP contribution in [0.2, 0.25) is 0 Å². The first kappa shape index (κ1) is 14.3. The lowest BCUT2D eigenvalue weighted by molar-refractivity contribution is -0.911. The maximum atomic E-state index is 10.1. The molecule has 1 fully saturated rings. The molecule has 21 heavy (non-hydrogen) atoms. The van der Waals surface area contributed by atoms with Crippen LogP contribution < -0.4 is 9.64 Å². The lowest BCUT2D eigenvalue weighted by Gasteiger charge is -2.25. The summed E-state index contributed by atoms with van der Waals surface area (Å²) in [5.41, 5.74) is 0. The molecule has 0 radical (unpaired) electrons. The van der Waals surface area contributed by atoms with Gasteiger partial charge in [-0.1, -0.05) is 30.3 Å². The molecule has 2 aromatic carbocycles. The average Bonchev–Trinajstić information content (AvgIpc) is 2.54. The Hall–Kier alpha value is -1.62. The zero-order chi connectivity index (χ0) is 14.5. The van der Waals surface area contributed by atoms with Crippen molar-refractivity contribution in [3.63, 3.8) is 0 Å². The topological polar surface area (TPSA) is 43.1 Å². The van der Waals surface area contributed by atoms with Crippen molar-refractivity contribution in [2.75, 3.05) is 39.5 Å². The molecule has 0 bridgehead atoms. The van der Waals surface area contributed by atoms with Gasteiger partial charge in [-0.05, 0) is 22.9 Å². The highest BCUT2D eigenvalue weighted by atomic mass is 16.5. The second-order valence-corrected chi connectivity index (χ2v) is 5.54. The molecule has 0 amide bonds. The van der Waals surface area contributed by atoms with Gasteiger partial charge in [0.05, 0.1) is 13.2 Å². The van der Waals surface area contributed by atoms with Crippen LogP contribution in [0.5, 0.6) is 5.75 Å². The first-order valence-corrected chi connectivity index (χ1v) is 7.52. The number of benzene rings is 2. The molecule has 3 rings (SSSR count). The molecule has 0 saturated carbocycles. The normalized spacial score (nSPS) is 17.8. The van der Waals surface area contributed by atoms with Gasteiger partial charge in [-0.2, -0.15) is 0 Å². The van der Waals surface area contributed by atoms with Crippen molar-refractivity contribution in [3.8, 4) is 5.75 Å². The van der Waals surface area contributed by atoms with Crippen molar-refractivity contribution in [3.05, 3.63) is 42.5 Å². The predicted molar refractivity (Wildman–Crippen MR) is 81.8 cm³/mol. The Labute approximate surface area is 124 Å². The molecule has 1 atom stereocenters. The Morgan fingerprint density at radius 1 is 1.10 bits per heavy atom. The zero-order valence-corrected chi connectivity index (χ0v) is 12.1. The van der Waals surface area contributed by atoms with Gasteiger partial charge in [0.1, 0.15) is 38.1 Å². The molecule has 4 heteroatoms. The fourth-order valence-corrected chi connectivity index (χ4v) is 2.71. The van der Waals surface area contributed by atoms with Gasteiger partial charge in [-0.15, -0.1) is 0 Å². The summed E-state index contributed by atoms with van der Waals surface area (Å²) in [6.45, 7) is 4.56. The summed E-state index contributed by atoms with van der Waals surface area (Å²) in [5, 5.41) is 12.4. The van der Waals surface area contributed by atoms with E-state index in [2.05, 4.69) is 12.1 Å². The number of rotatable bonds is 5. The van der Waals surface area contributed by atoms with Gasteiger partial charge in [0.25, 0.3) is 0 Å². The number of hydrogen-bond acceptors (Lipinski definition) is 3. The largest absolute Gasteiger partial charge is 0.491 e.